The van der Waals surface area contributed by atoms with Gasteiger partial charge in [0.1, 0.15) is 5.00 Å². The largest absolute Gasteiger partial charge is 0.315 e. The molecule has 1 aromatic carbocycles. The molecule has 0 radical (unpaired) electrons. The van der Waals surface area contributed by atoms with Crippen LogP contribution in [0.2, 0.25) is 0 Å². The Hall–Kier alpha value is -1.75. The predicted octanol–water partition coefficient (Wildman–Crippen LogP) is 2.28. The van der Waals surface area contributed by atoms with E-state index in [0.29, 0.717) is 5.00 Å². The van der Waals surface area contributed by atoms with Gasteiger partial charge in [-0.15, -0.1) is 5.10 Å². The maximum atomic E-state index is 11.9. The van der Waals surface area contributed by atoms with Crippen LogP contribution in [-0.4, -0.2) is 15.5 Å². The molecule has 2 aromatic rings. The maximum absolute atomic E-state index is 11.9. The van der Waals surface area contributed by atoms with Crippen molar-refractivity contribution in [2.75, 3.05) is 5.32 Å². The number of benzene rings is 1. The maximum Gasteiger partial charge on any atom is 0.232 e. The van der Waals surface area contributed by atoms with E-state index in [9.17, 15) is 4.79 Å². The van der Waals surface area contributed by atoms with Gasteiger partial charge in [0.2, 0.25) is 5.91 Å². The third-order valence-corrected chi connectivity index (χ3v) is 2.88. The minimum Gasteiger partial charge on any atom is -0.315 e. The molecule has 0 aliphatic rings. The number of anilines is 1. The van der Waals surface area contributed by atoms with E-state index in [-0.39, 0.29) is 11.8 Å². The van der Waals surface area contributed by atoms with Crippen LogP contribution in [0.1, 0.15) is 18.4 Å². The van der Waals surface area contributed by atoms with Crippen molar-refractivity contribution >= 4 is 22.4 Å². The minimum atomic E-state index is -0.178. The SMILES string of the molecule is C[C@H](C(=O)Nc1cnns1)c1ccccc1. The highest BCUT2D eigenvalue weighted by Gasteiger charge is 2.15. The molecule has 0 spiro atoms. The summed E-state index contributed by atoms with van der Waals surface area (Å²) in [5.74, 6) is -0.222. The molecule has 0 saturated heterocycles. The minimum absolute atomic E-state index is 0.0442. The van der Waals surface area contributed by atoms with Crippen LogP contribution in [0.5, 0.6) is 0 Å². The van der Waals surface area contributed by atoms with Crippen LogP contribution >= 0.6 is 11.5 Å². The number of hydrogen-bond donors (Lipinski definition) is 1. The van der Waals surface area contributed by atoms with Crippen molar-refractivity contribution in [3.8, 4) is 0 Å². The molecule has 0 aliphatic carbocycles. The number of carbonyl (C=O) groups excluding carboxylic acids is 1. The summed E-state index contributed by atoms with van der Waals surface area (Å²) >= 11 is 1.17. The number of rotatable bonds is 3. The fourth-order valence-electron chi connectivity index (χ4n) is 1.34. The first-order valence-electron chi connectivity index (χ1n) is 4.90. The van der Waals surface area contributed by atoms with E-state index < -0.39 is 0 Å². The van der Waals surface area contributed by atoms with Crippen molar-refractivity contribution in [1.29, 1.82) is 0 Å². The molecule has 1 heterocycles. The zero-order valence-electron chi connectivity index (χ0n) is 8.75. The molecule has 82 valence electrons. The molecule has 0 aliphatic heterocycles. The van der Waals surface area contributed by atoms with E-state index in [2.05, 4.69) is 14.9 Å². The van der Waals surface area contributed by atoms with Crippen LogP contribution in [0.3, 0.4) is 0 Å². The van der Waals surface area contributed by atoms with Gasteiger partial charge in [0.05, 0.1) is 12.1 Å². The zero-order chi connectivity index (χ0) is 11.4. The Morgan fingerprint density at radius 3 is 2.75 bits per heavy atom. The number of amides is 1. The first kappa shape index (κ1) is 10.8. The second-order valence-electron chi connectivity index (χ2n) is 3.40. The highest BCUT2D eigenvalue weighted by atomic mass is 32.1. The summed E-state index contributed by atoms with van der Waals surface area (Å²) in [4.78, 5) is 11.9. The summed E-state index contributed by atoms with van der Waals surface area (Å²) in [6.07, 6.45) is 1.54. The molecule has 0 bridgehead atoms. The summed E-state index contributed by atoms with van der Waals surface area (Å²) < 4.78 is 3.68. The third kappa shape index (κ3) is 2.43. The Bertz CT molecular complexity index is 455. The predicted molar refractivity (Wildman–Crippen MR) is 63.4 cm³/mol. The van der Waals surface area contributed by atoms with Crippen LogP contribution in [0.25, 0.3) is 0 Å². The molecule has 0 fully saturated rings. The number of carbonyl (C=O) groups is 1. The Kier molecular flexibility index (Phi) is 3.26. The highest BCUT2D eigenvalue weighted by Crippen LogP contribution is 2.18. The molecule has 1 aromatic heterocycles. The second-order valence-corrected chi connectivity index (χ2v) is 4.19. The molecule has 5 heteroatoms. The van der Waals surface area contributed by atoms with Gasteiger partial charge in [0.25, 0.3) is 0 Å². The third-order valence-electron chi connectivity index (χ3n) is 2.30. The van der Waals surface area contributed by atoms with Gasteiger partial charge in [0, 0.05) is 11.5 Å². The van der Waals surface area contributed by atoms with Crippen molar-refractivity contribution in [1.82, 2.24) is 9.59 Å². The fraction of sp³-hybridized carbons (Fsp3) is 0.182. The van der Waals surface area contributed by atoms with Crippen molar-refractivity contribution in [3.05, 3.63) is 42.1 Å². The quantitative estimate of drug-likeness (QED) is 0.884. The number of nitrogens with one attached hydrogen (secondary N) is 1. The van der Waals surface area contributed by atoms with Gasteiger partial charge in [-0.2, -0.15) is 0 Å². The lowest BCUT2D eigenvalue weighted by Gasteiger charge is -2.10. The molecule has 16 heavy (non-hydrogen) atoms. The van der Waals surface area contributed by atoms with E-state index in [4.69, 9.17) is 0 Å². The first-order chi connectivity index (χ1) is 7.77. The monoisotopic (exact) mass is 233 g/mol. The average Bonchev–Trinajstić information content (AvgIpc) is 2.82. The molecular formula is C11H11N3OS. The summed E-state index contributed by atoms with van der Waals surface area (Å²) in [6, 6.07) is 9.66. The summed E-state index contributed by atoms with van der Waals surface area (Å²) in [5, 5.41) is 7.11. The van der Waals surface area contributed by atoms with Crippen molar-refractivity contribution in [2.45, 2.75) is 12.8 Å². The summed E-state index contributed by atoms with van der Waals surface area (Å²) in [5.41, 5.74) is 0.998. The van der Waals surface area contributed by atoms with E-state index in [0.717, 1.165) is 5.56 Å². The lowest BCUT2D eigenvalue weighted by atomic mass is 10.0. The normalized spacial score (nSPS) is 12.1. The Morgan fingerprint density at radius 1 is 1.38 bits per heavy atom. The summed E-state index contributed by atoms with van der Waals surface area (Å²) in [6.45, 7) is 1.87. The fourth-order valence-corrected chi connectivity index (χ4v) is 1.77. The van der Waals surface area contributed by atoms with Gasteiger partial charge >= 0.3 is 0 Å². The van der Waals surface area contributed by atoms with Gasteiger partial charge < -0.3 is 5.32 Å². The lowest BCUT2D eigenvalue weighted by Crippen LogP contribution is -2.18. The second kappa shape index (κ2) is 4.85. The number of hydrogen-bond acceptors (Lipinski definition) is 4. The van der Waals surface area contributed by atoms with E-state index in [1.54, 1.807) is 6.20 Å². The Labute approximate surface area is 97.5 Å². The van der Waals surface area contributed by atoms with Crippen LogP contribution in [-0.2, 0) is 4.79 Å². The van der Waals surface area contributed by atoms with Crippen molar-refractivity contribution in [3.63, 3.8) is 0 Å². The Balaban J connectivity index is 2.05. The molecule has 1 N–H and O–H groups in total. The molecule has 2 rings (SSSR count). The molecule has 0 saturated carbocycles. The van der Waals surface area contributed by atoms with Gasteiger partial charge in [0.15, 0.2) is 0 Å². The number of nitrogens with zero attached hydrogens (tertiary/aromatic N) is 2. The van der Waals surface area contributed by atoms with Gasteiger partial charge in [-0.3, -0.25) is 4.79 Å². The summed E-state index contributed by atoms with van der Waals surface area (Å²) in [7, 11) is 0. The average molecular weight is 233 g/mol. The molecule has 0 unspecified atom stereocenters. The van der Waals surface area contributed by atoms with Gasteiger partial charge in [-0.1, -0.05) is 34.8 Å². The molecule has 1 amide bonds. The highest BCUT2D eigenvalue weighted by molar-refractivity contribution is 7.10. The van der Waals surface area contributed by atoms with Crippen LogP contribution in [0, 0.1) is 0 Å². The smallest absolute Gasteiger partial charge is 0.232 e. The molecule has 4 nitrogen and oxygen atoms in total. The van der Waals surface area contributed by atoms with Crippen LogP contribution < -0.4 is 5.32 Å². The standard InChI is InChI=1S/C11H11N3OS/c1-8(9-5-3-2-4-6-9)11(15)13-10-7-12-14-16-10/h2-8H,1H3,(H,13,15)/t8-/m0/s1. The Morgan fingerprint density at radius 2 is 2.12 bits per heavy atom. The lowest BCUT2D eigenvalue weighted by molar-refractivity contribution is -0.117. The van der Waals surface area contributed by atoms with Gasteiger partial charge in [-0.05, 0) is 12.5 Å². The van der Waals surface area contributed by atoms with Crippen LogP contribution in [0.4, 0.5) is 5.00 Å². The van der Waals surface area contributed by atoms with Crippen molar-refractivity contribution in [2.24, 2.45) is 0 Å². The van der Waals surface area contributed by atoms with Gasteiger partial charge in [-0.25, -0.2) is 0 Å². The molecular weight excluding hydrogens is 222 g/mol. The van der Waals surface area contributed by atoms with Crippen molar-refractivity contribution < 1.29 is 4.79 Å². The van der Waals surface area contributed by atoms with Crippen LogP contribution in [0.15, 0.2) is 36.5 Å². The van der Waals surface area contributed by atoms with E-state index in [1.807, 2.05) is 37.3 Å². The first-order valence-corrected chi connectivity index (χ1v) is 5.68. The molecule has 1 atom stereocenters. The topological polar surface area (TPSA) is 54.9 Å². The van der Waals surface area contributed by atoms with E-state index in [1.165, 1.54) is 11.5 Å². The van der Waals surface area contributed by atoms with E-state index >= 15 is 0 Å². The zero-order valence-corrected chi connectivity index (χ0v) is 9.57. The number of aromatic nitrogens is 2.